The van der Waals surface area contributed by atoms with Crippen LogP contribution in [-0.4, -0.2) is 33.5 Å². The summed E-state index contributed by atoms with van der Waals surface area (Å²) in [4.78, 5) is 10.2. The molecular weight excluding hydrogens is 208 g/mol. The number of hydrogen-bond donors (Lipinski definition) is 3. The highest BCUT2D eigenvalue weighted by molar-refractivity contribution is 5.67. The van der Waals surface area contributed by atoms with E-state index in [4.69, 9.17) is 15.3 Å². The number of hydrogen-bond acceptors (Lipinski definition) is 3. The fraction of sp³-hybridized carbons (Fsp3) is 0.250. The van der Waals surface area contributed by atoms with Gasteiger partial charge in [0.05, 0.1) is 12.5 Å². The van der Waals surface area contributed by atoms with E-state index in [0.717, 1.165) is 0 Å². The lowest BCUT2D eigenvalue weighted by Crippen LogP contribution is -2.09. The van der Waals surface area contributed by atoms with Crippen molar-refractivity contribution in [1.29, 1.82) is 0 Å². The molecule has 0 fully saturated rings. The molecule has 0 aromatic rings. The number of allylic oxidation sites excluding steroid dienone is 1. The third kappa shape index (κ3) is 8.58. The zero-order chi connectivity index (χ0) is 12.4. The zero-order valence-corrected chi connectivity index (χ0v) is 8.55. The van der Waals surface area contributed by atoms with Crippen LogP contribution >= 0.6 is 0 Å². The number of carbonyl (C=O) groups is 1. The van der Waals surface area contributed by atoms with Crippen LogP contribution in [0.3, 0.4) is 0 Å². The topological polar surface area (TPSA) is 77.8 Å². The molecule has 4 heteroatoms. The van der Waals surface area contributed by atoms with Crippen LogP contribution in [0.4, 0.5) is 0 Å². The second-order valence-electron chi connectivity index (χ2n) is 2.74. The normalized spacial score (nSPS) is 12.9. The number of carboxylic acids is 1. The van der Waals surface area contributed by atoms with E-state index in [1.54, 1.807) is 0 Å². The summed E-state index contributed by atoms with van der Waals surface area (Å²) < 4.78 is 0. The van der Waals surface area contributed by atoms with Gasteiger partial charge in [0.25, 0.3) is 0 Å². The van der Waals surface area contributed by atoms with E-state index in [0.29, 0.717) is 0 Å². The number of aliphatic hydroxyl groups excluding tert-OH is 2. The molecule has 2 atom stereocenters. The molecule has 0 aromatic heterocycles. The van der Waals surface area contributed by atoms with Crippen molar-refractivity contribution in [2.75, 3.05) is 0 Å². The summed E-state index contributed by atoms with van der Waals surface area (Å²) in [6, 6.07) is 0. The Morgan fingerprint density at radius 1 is 1.38 bits per heavy atom. The molecule has 0 bridgehead atoms. The second kappa shape index (κ2) is 8.31. The van der Waals surface area contributed by atoms with Crippen LogP contribution in [0, 0.1) is 23.7 Å². The number of aliphatic carboxylic acids is 1. The van der Waals surface area contributed by atoms with E-state index in [9.17, 15) is 4.79 Å². The van der Waals surface area contributed by atoms with Crippen LogP contribution in [0.2, 0.25) is 0 Å². The lowest BCUT2D eigenvalue weighted by atomic mass is 10.2. The molecule has 0 radical (unpaired) electrons. The minimum atomic E-state index is -1.08. The third-order valence-corrected chi connectivity index (χ3v) is 1.36. The van der Waals surface area contributed by atoms with Crippen molar-refractivity contribution in [2.45, 2.75) is 18.6 Å². The first-order valence-corrected chi connectivity index (χ1v) is 4.44. The Bertz CT molecular complexity index is 387. The van der Waals surface area contributed by atoms with E-state index >= 15 is 0 Å². The van der Waals surface area contributed by atoms with E-state index in [1.807, 2.05) is 0 Å². The smallest absolute Gasteiger partial charge is 0.306 e. The van der Waals surface area contributed by atoms with Crippen molar-refractivity contribution in [3.63, 3.8) is 0 Å². The average Bonchev–Trinajstić information content (AvgIpc) is 2.21. The predicted octanol–water partition coefficient (Wildman–Crippen LogP) is -0.0681. The van der Waals surface area contributed by atoms with Crippen molar-refractivity contribution < 1.29 is 20.1 Å². The van der Waals surface area contributed by atoms with Gasteiger partial charge < -0.3 is 15.3 Å². The Hall–Kier alpha value is -2.01. The minimum Gasteiger partial charge on any atom is -0.481 e. The molecule has 0 heterocycles. The van der Waals surface area contributed by atoms with Gasteiger partial charge in [0.15, 0.2) is 0 Å². The van der Waals surface area contributed by atoms with Gasteiger partial charge in [0, 0.05) is 0 Å². The van der Waals surface area contributed by atoms with Crippen LogP contribution in [0.25, 0.3) is 0 Å². The molecule has 3 N–H and O–H groups in total. The molecule has 0 rings (SSSR count). The third-order valence-electron chi connectivity index (χ3n) is 1.36. The SMILES string of the molecule is C=CC(O)C#CC#CC=CC(O)CC(=O)O. The van der Waals surface area contributed by atoms with Crippen LogP contribution in [0.15, 0.2) is 24.8 Å². The lowest BCUT2D eigenvalue weighted by Gasteiger charge is -1.97. The van der Waals surface area contributed by atoms with Crippen LogP contribution in [0.5, 0.6) is 0 Å². The van der Waals surface area contributed by atoms with Crippen molar-refractivity contribution >= 4 is 5.97 Å². The van der Waals surface area contributed by atoms with Crippen molar-refractivity contribution in [2.24, 2.45) is 0 Å². The summed E-state index contributed by atoms with van der Waals surface area (Å²) in [5, 5.41) is 26.3. The quantitative estimate of drug-likeness (QED) is 0.458. The summed E-state index contributed by atoms with van der Waals surface area (Å²) in [6.07, 6.45) is 1.50. The maximum Gasteiger partial charge on any atom is 0.306 e. The maximum absolute atomic E-state index is 10.2. The number of carboxylic acid groups (broad SMARTS) is 1. The van der Waals surface area contributed by atoms with Gasteiger partial charge in [-0.15, -0.1) is 0 Å². The molecule has 0 aliphatic heterocycles. The minimum absolute atomic E-state index is 0.362. The van der Waals surface area contributed by atoms with Gasteiger partial charge in [0.1, 0.15) is 6.10 Å². The van der Waals surface area contributed by atoms with E-state index in [-0.39, 0.29) is 6.42 Å². The van der Waals surface area contributed by atoms with Crippen LogP contribution in [-0.2, 0) is 4.79 Å². The second-order valence-corrected chi connectivity index (χ2v) is 2.74. The molecule has 0 aliphatic rings. The Morgan fingerprint density at radius 3 is 2.62 bits per heavy atom. The largest absolute Gasteiger partial charge is 0.481 e. The van der Waals surface area contributed by atoms with Gasteiger partial charge >= 0.3 is 5.97 Å². The molecular formula is C12H12O4. The molecule has 0 spiro atoms. The highest BCUT2D eigenvalue weighted by Crippen LogP contribution is 1.92. The molecule has 0 saturated heterocycles. The molecule has 4 nitrogen and oxygen atoms in total. The summed E-state index contributed by atoms with van der Waals surface area (Å²) in [7, 11) is 0. The Morgan fingerprint density at radius 2 is 2.06 bits per heavy atom. The molecule has 84 valence electrons. The Balaban J connectivity index is 4.07. The van der Waals surface area contributed by atoms with Crippen molar-refractivity contribution in [1.82, 2.24) is 0 Å². The average molecular weight is 220 g/mol. The molecule has 0 aromatic carbocycles. The zero-order valence-electron chi connectivity index (χ0n) is 8.55. The van der Waals surface area contributed by atoms with Crippen LogP contribution in [0.1, 0.15) is 6.42 Å². The first-order chi connectivity index (χ1) is 7.56. The molecule has 2 unspecified atom stereocenters. The monoisotopic (exact) mass is 220 g/mol. The first-order valence-electron chi connectivity index (χ1n) is 4.44. The van der Waals surface area contributed by atoms with Crippen molar-refractivity contribution in [3.05, 3.63) is 24.8 Å². The highest BCUT2D eigenvalue weighted by atomic mass is 16.4. The Kier molecular flexibility index (Phi) is 7.27. The standard InChI is InChI=1S/C12H12O4/c1-2-10(13)7-5-3-4-6-8-11(14)9-12(15)16/h2,6,8,10-11,13-14H,1,9H2,(H,15,16). The molecule has 0 amide bonds. The van der Waals surface area contributed by atoms with E-state index < -0.39 is 18.2 Å². The Labute approximate surface area is 93.9 Å². The summed E-state index contributed by atoms with van der Waals surface area (Å²) in [6.45, 7) is 3.32. The highest BCUT2D eigenvalue weighted by Gasteiger charge is 2.03. The number of rotatable bonds is 4. The van der Waals surface area contributed by atoms with Crippen molar-refractivity contribution in [3.8, 4) is 23.7 Å². The summed E-state index contributed by atoms with van der Waals surface area (Å²) >= 11 is 0. The first kappa shape index (κ1) is 14.0. The predicted molar refractivity (Wildman–Crippen MR) is 59.2 cm³/mol. The lowest BCUT2D eigenvalue weighted by molar-refractivity contribution is -0.138. The molecule has 0 saturated carbocycles. The summed E-state index contributed by atoms with van der Waals surface area (Å²) in [5.74, 6) is 8.52. The maximum atomic E-state index is 10.2. The number of aliphatic hydroxyl groups is 2. The van der Waals surface area contributed by atoms with Crippen LogP contribution < -0.4 is 0 Å². The van der Waals surface area contributed by atoms with Gasteiger partial charge in [-0.05, 0) is 24.0 Å². The van der Waals surface area contributed by atoms with Gasteiger partial charge in [0.2, 0.25) is 0 Å². The summed E-state index contributed by atoms with van der Waals surface area (Å²) in [5.41, 5.74) is 0. The van der Waals surface area contributed by atoms with Gasteiger partial charge in [-0.1, -0.05) is 24.5 Å². The molecule has 0 aliphatic carbocycles. The van der Waals surface area contributed by atoms with Gasteiger partial charge in [-0.25, -0.2) is 0 Å². The van der Waals surface area contributed by atoms with Gasteiger partial charge in [-0.3, -0.25) is 4.79 Å². The fourth-order valence-corrected chi connectivity index (χ4v) is 0.653. The van der Waals surface area contributed by atoms with Gasteiger partial charge in [-0.2, -0.15) is 0 Å². The van der Waals surface area contributed by atoms with E-state index in [2.05, 4.69) is 30.3 Å². The molecule has 16 heavy (non-hydrogen) atoms. The van der Waals surface area contributed by atoms with E-state index in [1.165, 1.54) is 18.2 Å². The fourth-order valence-electron chi connectivity index (χ4n) is 0.653.